The summed E-state index contributed by atoms with van der Waals surface area (Å²) in [5.74, 6) is 0.338. The van der Waals surface area contributed by atoms with E-state index in [0.717, 1.165) is 18.4 Å². The minimum atomic E-state index is -0.120. The summed E-state index contributed by atoms with van der Waals surface area (Å²) in [5, 5.41) is 2.83. The molecule has 0 saturated heterocycles. The highest BCUT2D eigenvalue weighted by Crippen LogP contribution is 2.07. The van der Waals surface area contributed by atoms with Crippen LogP contribution in [0.15, 0.2) is 61.4 Å². The molecule has 0 saturated carbocycles. The van der Waals surface area contributed by atoms with Crippen LogP contribution in [0.1, 0.15) is 19.8 Å². The maximum atomic E-state index is 11.6. The van der Waals surface area contributed by atoms with Gasteiger partial charge >= 0.3 is 0 Å². The Morgan fingerprint density at radius 1 is 1.32 bits per heavy atom. The van der Waals surface area contributed by atoms with Crippen molar-refractivity contribution in [3.05, 3.63) is 61.4 Å². The molecule has 0 aromatic rings. The molecule has 0 radical (unpaired) electrons. The normalized spacial score (nSPS) is 13.6. The van der Waals surface area contributed by atoms with Gasteiger partial charge in [0.25, 0.3) is 0 Å². The number of allylic oxidation sites excluding steroid dienone is 6. The average Bonchev–Trinajstić information content (AvgIpc) is 2.44. The number of carbonyl (C=O) groups excluding carboxylic acids is 1. The smallest absolute Gasteiger partial charge is 0.244 e. The number of hydrogen-bond donors (Lipinski definition) is 2. The van der Waals surface area contributed by atoms with Gasteiger partial charge in [-0.2, -0.15) is 0 Å². The van der Waals surface area contributed by atoms with E-state index in [9.17, 15) is 4.79 Å². The maximum absolute atomic E-state index is 11.6. The molecule has 0 aliphatic heterocycles. The molecule has 0 aliphatic carbocycles. The van der Waals surface area contributed by atoms with Crippen molar-refractivity contribution in [3.8, 4) is 0 Å². The Morgan fingerprint density at radius 2 is 2.05 bits per heavy atom. The third-order valence-corrected chi connectivity index (χ3v) is 2.72. The number of carbonyl (C=O) groups is 1. The molecule has 3 nitrogen and oxygen atoms in total. The van der Waals surface area contributed by atoms with Gasteiger partial charge < -0.3 is 11.1 Å². The second-order valence-electron chi connectivity index (χ2n) is 4.08. The van der Waals surface area contributed by atoms with Crippen molar-refractivity contribution in [2.45, 2.75) is 19.8 Å². The van der Waals surface area contributed by atoms with E-state index in [1.165, 1.54) is 12.3 Å². The molecule has 0 aromatic heterocycles. The Morgan fingerprint density at radius 3 is 2.58 bits per heavy atom. The molecule has 1 amide bonds. The summed E-state index contributed by atoms with van der Waals surface area (Å²) in [6.07, 6.45) is 13.7. The van der Waals surface area contributed by atoms with Crippen molar-refractivity contribution < 1.29 is 4.79 Å². The Kier molecular flexibility index (Phi) is 9.90. The minimum Gasteiger partial charge on any atom is -0.404 e. The van der Waals surface area contributed by atoms with Gasteiger partial charge in [-0.25, -0.2) is 0 Å². The zero-order chi connectivity index (χ0) is 14.5. The van der Waals surface area contributed by atoms with Crippen LogP contribution < -0.4 is 11.1 Å². The Labute approximate surface area is 116 Å². The number of rotatable bonds is 9. The SMILES string of the molecule is C=C\C=C/C(/C=C/C(=O)NCC[C@H](C=C)CC)=C\N. The molecular weight excluding hydrogens is 236 g/mol. The number of nitrogens with one attached hydrogen (secondary N) is 1. The first-order valence-electron chi connectivity index (χ1n) is 6.47. The zero-order valence-electron chi connectivity index (χ0n) is 11.6. The fraction of sp³-hybridized carbons (Fsp3) is 0.312. The summed E-state index contributed by atoms with van der Waals surface area (Å²) in [6.45, 7) is 10.1. The van der Waals surface area contributed by atoms with E-state index in [-0.39, 0.29) is 5.91 Å². The highest BCUT2D eigenvalue weighted by molar-refractivity contribution is 5.88. The van der Waals surface area contributed by atoms with Gasteiger partial charge in [0.1, 0.15) is 0 Å². The van der Waals surface area contributed by atoms with Crippen LogP contribution in [-0.2, 0) is 4.79 Å². The standard InChI is InChI=1S/C16H24N2O/c1-4-7-8-15(13-17)9-10-16(19)18-12-11-14(5-2)6-3/h4-5,7-10,13-14H,1-2,6,11-12,17H2,3H3,(H,18,19)/b8-7-,10-9+,15-13+/t14-/m1/s1. The minimum absolute atomic E-state index is 0.120. The van der Waals surface area contributed by atoms with Gasteiger partial charge in [0.2, 0.25) is 5.91 Å². The highest BCUT2D eigenvalue weighted by Gasteiger charge is 2.01. The molecule has 0 bridgehead atoms. The van der Waals surface area contributed by atoms with Crippen molar-refractivity contribution in [2.24, 2.45) is 11.7 Å². The molecule has 0 rings (SSSR count). The molecule has 3 heteroatoms. The van der Waals surface area contributed by atoms with Crippen LogP contribution in [0.5, 0.6) is 0 Å². The van der Waals surface area contributed by atoms with E-state index < -0.39 is 0 Å². The third kappa shape index (κ3) is 8.66. The molecular formula is C16H24N2O. The molecule has 0 heterocycles. The largest absolute Gasteiger partial charge is 0.404 e. The molecule has 104 valence electrons. The van der Waals surface area contributed by atoms with Crippen molar-refractivity contribution in [1.29, 1.82) is 0 Å². The quantitative estimate of drug-likeness (QED) is 0.380. The third-order valence-electron chi connectivity index (χ3n) is 2.72. The lowest BCUT2D eigenvalue weighted by atomic mass is 10.0. The van der Waals surface area contributed by atoms with Gasteiger partial charge in [0.05, 0.1) is 0 Å². The predicted molar refractivity (Wildman–Crippen MR) is 82.4 cm³/mol. The van der Waals surface area contributed by atoms with Crippen molar-refractivity contribution in [1.82, 2.24) is 5.32 Å². The van der Waals surface area contributed by atoms with Crippen LogP contribution in [0.3, 0.4) is 0 Å². The van der Waals surface area contributed by atoms with Crippen LogP contribution in [0, 0.1) is 5.92 Å². The molecule has 19 heavy (non-hydrogen) atoms. The van der Waals surface area contributed by atoms with Gasteiger partial charge in [-0.05, 0) is 30.4 Å². The second kappa shape index (κ2) is 11.1. The van der Waals surface area contributed by atoms with E-state index in [0.29, 0.717) is 12.5 Å². The number of nitrogens with two attached hydrogens (primary N) is 1. The Balaban J connectivity index is 4.12. The summed E-state index contributed by atoms with van der Waals surface area (Å²) in [4.78, 5) is 11.6. The van der Waals surface area contributed by atoms with Crippen LogP contribution in [0.2, 0.25) is 0 Å². The maximum Gasteiger partial charge on any atom is 0.244 e. The fourth-order valence-corrected chi connectivity index (χ4v) is 1.45. The Hall–Kier alpha value is -2.03. The summed E-state index contributed by atoms with van der Waals surface area (Å²) < 4.78 is 0. The van der Waals surface area contributed by atoms with Crippen LogP contribution in [-0.4, -0.2) is 12.5 Å². The lowest BCUT2D eigenvalue weighted by Crippen LogP contribution is -2.23. The molecule has 0 unspecified atom stereocenters. The first kappa shape index (κ1) is 17.0. The van der Waals surface area contributed by atoms with Crippen LogP contribution >= 0.6 is 0 Å². The summed E-state index contributed by atoms with van der Waals surface area (Å²) in [6, 6.07) is 0. The second-order valence-corrected chi connectivity index (χ2v) is 4.08. The molecule has 3 N–H and O–H groups in total. The van der Waals surface area contributed by atoms with Gasteiger partial charge in [-0.3, -0.25) is 4.79 Å². The summed E-state index contributed by atoms with van der Waals surface area (Å²) >= 11 is 0. The molecule has 0 spiro atoms. The highest BCUT2D eigenvalue weighted by atomic mass is 16.1. The summed E-state index contributed by atoms with van der Waals surface area (Å²) in [7, 11) is 0. The Bertz CT molecular complexity index is 378. The van der Waals surface area contributed by atoms with Gasteiger partial charge in [-0.15, -0.1) is 6.58 Å². The zero-order valence-corrected chi connectivity index (χ0v) is 11.6. The van der Waals surface area contributed by atoms with Crippen molar-refractivity contribution >= 4 is 5.91 Å². The summed E-state index contributed by atoms with van der Waals surface area (Å²) in [5.41, 5.74) is 6.19. The fourth-order valence-electron chi connectivity index (χ4n) is 1.45. The van der Waals surface area contributed by atoms with Gasteiger partial charge in [0.15, 0.2) is 0 Å². The van der Waals surface area contributed by atoms with E-state index in [1.54, 1.807) is 24.3 Å². The first-order chi connectivity index (χ1) is 9.17. The van der Waals surface area contributed by atoms with Gasteiger partial charge in [-0.1, -0.05) is 37.8 Å². The van der Waals surface area contributed by atoms with Gasteiger partial charge in [0, 0.05) is 18.8 Å². The van der Waals surface area contributed by atoms with Crippen LogP contribution in [0.25, 0.3) is 0 Å². The monoisotopic (exact) mass is 260 g/mol. The lowest BCUT2D eigenvalue weighted by molar-refractivity contribution is -0.116. The van der Waals surface area contributed by atoms with E-state index in [1.807, 2.05) is 6.08 Å². The van der Waals surface area contributed by atoms with E-state index in [2.05, 4.69) is 25.4 Å². The average molecular weight is 260 g/mol. The van der Waals surface area contributed by atoms with Crippen molar-refractivity contribution in [3.63, 3.8) is 0 Å². The molecule has 0 aliphatic rings. The molecule has 0 fully saturated rings. The topological polar surface area (TPSA) is 55.1 Å². The van der Waals surface area contributed by atoms with E-state index >= 15 is 0 Å². The number of hydrogen-bond acceptors (Lipinski definition) is 2. The van der Waals surface area contributed by atoms with Crippen LogP contribution in [0.4, 0.5) is 0 Å². The first-order valence-corrected chi connectivity index (χ1v) is 6.47. The van der Waals surface area contributed by atoms with E-state index in [4.69, 9.17) is 5.73 Å². The molecule has 0 aromatic carbocycles. The number of amides is 1. The predicted octanol–water partition coefficient (Wildman–Crippen LogP) is 2.85. The molecule has 1 atom stereocenters. The lowest BCUT2D eigenvalue weighted by Gasteiger charge is -2.09. The van der Waals surface area contributed by atoms with Crippen molar-refractivity contribution in [2.75, 3.05) is 6.54 Å².